The van der Waals surface area contributed by atoms with Crippen LogP contribution >= 0.6 is 11.3 Å². The van der Waals surface area contributed by atoms with Crippen molar-refractivity contribution in [3.63, 3.8) is 0 Å². The molecule has 0 saturated carbocycles. The van der Waals surface area contributed by atoms with Gasteiger partial charge < -0.3 is 10.3 Å². The number of anilines is 1. The van der Waals surface area contributed by atoms with Gasteiger partial charge in [0.25, 0.3) is 5.91 Å². The Morgan fingerprint density at radius 2 is 2.26 bits per heavy atom. The number of nitrogens with two attached hydrogens (primary N) is 1. The Hall–Kier alpha value is -2.06. The molecule has 0 radical (unpaired) electrons. The predicted octanol–water partition coefficient (Wildman–Crippen LogP) is 0.799. The molecule has 7 nitrogen and oxygen atoms in total. The van der Waals surface area contributed by atoms with Gasteiger partial charge in [0.1, 0.15) is 0 Å². The van der Waals surface area contributed by atoms with E-state index in [1.165, 1.54) is 0 Å². The van der Waals surface area contributed by atoms with Crippen LogP contribution in [0.4, 0.5) is 5.82 Å². The second kappa shape index (κ2) is 5.72. The number of hydrogen-bond acceptors (Lipinski definition) is 7. The van der Waals surface area contributed by atoms with E-state index in [1.54, 1.807) is 35.4 Å². The van der Waals surface area contributed by atoms with Gasteiger partial charge in [-0.1, -0.05) is 0 Å². The SMILES string of the molecule is Cc1nc(CN(C)C(=O)c2ccc(NN)nn2)cs1. The van der Waals surface area contributed by atoms with Gasteiger partial charge in [-0.3, -0.25) is 4.79 Å². The van der Waals surface area contributed by atoms with Crippen LogP contribution in [0, 0.1) is 6.92 Å². The van der Waals surface area contributed by atoms with Crippen molar-refractivity contribution < 1.29 is 4.79 Å². The number of nitrogen functional groups attached to an aromatic ring is 1. The molecular weight excluding hydrogens is 264 g/mol. The minimum atomic E-state index is -0.207. The first-order valence-corrected chi connectivity index (χ1v) is 6.45. The van der Waals surface area contributed by atoms with Crippen molar-refractivity contribution in [3.05, 3.63) is 33.9 Å². The lowest BCUT2D eigenvalue weighted by molar-refractivity contribution is 0.0776. The largest absolute Gasteiger partial charge is 0.334 e. The number of nitrogens with zero attached hydrogens (tertiary/aromatic N) is 4. The van der Waals surface area contributed by atoms with Crippen molar-refractivity contribution in [2.45, 2.75) is 13.5 Å². The van der Waals surface area contributed by atoms with Crippen LogP contribution in [0.15, 0.2) is 17.5 Å². The Labute approximate surface area is 114 Å². The highest BCUT2D eigenvalue weighted by Crippen LogP contribution is 2.11. The highest BCUT2D eigenvalue weighted by Gasteiger charge is 2.15. The molecule has 0 aromatic carbocycles. The molecule has 0 aliphatic carbocycles. The highest BCUT2D eigenvalue weighted by molar-refractivity contribution is 7.09. The standard InChI is InChI=1S/C11H14N6OS/c1-7-13-8(6-19-7)5-17(2)11(18)9-3-4-10(14-12)16-15-9/h3-4,6H,5,12H2,1-2H3,(H,14,16). The van der Waals surface area contributed by atoms with E-state index < -0.39 is 0 Å². The average molecular weight is 278 g/mol. The fourth-order valence-corrected chi connectivity index (χ4v) is 2.12. The van der Waals surface area contributed by atoms with Crippen LogP contribution in [0.3, 0.4) is 0 Å². The molecule has 0 aliphatic rings. The molecule has 2 rings (SSSR count). The number of carbonyl (C=O) groups excluding carboxylic acids is 1. The fraction of sp³-hybridized carbons (Fsp3) is 0.273. The summed E-state index contributed by atoms with van der Waals surface area (Å²) in [4.78, 5) is 18.0. The Balaban J connectivity index is 2.05. The summed E-state index contributed by atoms with van der Waals surface area (Å²) < 4.78 is 0. The molecule has 0 spiro atoms. The highest BCUT2D eigenvalue weighted by atomic mass is 32.1. The van der Waals surface area contributed by atoms with E-state index in [0.717, 1.165) is 10.7 Å². The maximum Gasteiger partial charge on any atom is 0.274 e. The summed E-state index contributed by atoms with van der Waals surface area (Å²) in [5.41, 5.74) is 3.50. The first kappa shape index (κ1) is 13.4. The van der Waals surface area contributed by atoms with E-state index in [4.69, 9.17) is 5.84 Å². The first-order chi connectivity index (χ1) is 9.10. The number of nitrogens with one attached hydrogen (secondary N) is 1. The molecule has 19 heavy (non-hydrogen) atoms. The quantitative estimate of drug-likeness (QED) is 0.634. The Morgan fingerprint density at radius 1 is 1.47 bits per heavy atom. The predicted molar refractivity (Wildman–Crippen MR) is 72.5 cm³/mol. The molecule has 2 aromatic rings. The summed E-state index contributed by atoms with van der Waals surface area (Å²) in [6.07, 6.45) is 0. The maximum atomic E-state index is 12.1. The number of hydrogen-bond donors (Lipinski definition) is 2. The number of rotatable bonds is 4. The zero-order valence-corrected chi connectivity index (χ0v) is 11.4. The Bertz CT molecular complexity index is 567. The number of carbonyl (C=O) groups is 1. The summed E-state index contributed by atoms with van der Waals surface area (Å²) in [5, 5.41) is 10.5. The van der Waals surface area contributed by atoms with Gasteiger partial charge in [0.2, 0.25) is 0 Å². The van der Waals surface area contributed by atoms with Crippen molar-refractivity contribution in [1.29, 1.82) is 0 Å². The normalized spacial score (nSPS) is 10.3. The van der Waals surface area contributed by atoms with Crippen molar-refractivity contribution in [1.82, 2.24) is 20.1 Å². The minimum absolute atomic E-state index is 0.207. The lowest BCUT2D eigenvalue weighted by Crippen LogP contribution is -2.27. The number of hydrazine groups is 1. The molecule has 0 saturated heterocycles. The second-order valence-corrected chi connectivity index (χ2v) is 5.03. The molecule has 0 atom stereocenters. The molecule has 0 unspecified atom stereocenters. The Kier molecular flexibility index (Phi) is 4.03. The van der Waals surface area contributed by atoms with E-state index in [1.807, 2.05) is 12.3 Å². The van der Waals surface area contributed by atoms with Crippen molar-refractivity contribution >= 4 is 23.1 Å². The third-order valence-corrected chi connectivity index (χ3v) is 3.27. The van der Waals surface area contributed by atoms with Crippen LogP contribution in [-0.2, 0) is 6.54 Å². The van der Waals surface area contributed by atoms with E-state index in [0.29, 0.717) is 12.4 Å². The zero-order chi connectivity index (χ0) is 13.8. The van der Waals surface area contributed by atoms with Crippen LogP contribution in [0.25, 0.3) is 0 Å². The molecule has 3 N–H and O–H groups in total. The third-order valence-electron chi connectivity index (χ3n) is 2.44. The summed E-state index contributed by atoms with van der Waals surface area (Å²) in [7, 11) is 1.70. The fourth-order valence-electron chi connectivity index (χ4n) is 1.51. The van der Waals surface area contributed by atoms with Gasteiger partial charge >= 0.3 is 0 Å². The van der Waals surface area contributed by atoms with E-state index in [-0.39, 0.29) is 11.6 Å². The lowest BCUT2D eigenvalue weighted by atomic mass is 10.3. The number of aromatic nitrogens is 3. The van der Waals surface area contributed by atoms with Gasteiger partial charge in [-0.05, 0) is 19.1 Å². The van der Waals surface area contributed by atoms with Crippen LogP contribution in [0.2, 0.25) is 0 Å². The minimum Gasteiger partial charge on any atom is -0.334 e. The number of amides is 1. The molecule has 1 amide bonds. The lowest BCUT2D eigenvalue weighted by Gasteiger charge is -2.14. The topological polar surface area (TPSA) is 97.0 Å². The number of aryl methyl sites for hydroxylation is 1. The van der Waals surface area contributed by atoms with E-state index >= 15 is 0 Å². The van der Waals surface area contributed by atoms with Crippen molar-refractivity contribution in [2.24, 2.45) is 5.84 Å². The van der Waals surface area contributed by atoms with Crippen molar-refractivity contribution in [2.75, 3.05) is 12.5 Å². The van der Waals surface area contributed by atoms with Gasteiger partial charge in [0.15, 0.2) is 11.5 Å². The average Bonchev–Trinajstić information content (AvgIpc) is 2.83. The summed E-state index contributed by atoms with van der Waals surface area (Å²) in [5.74, 6) is 5.39. The van der Waals surface area contributed by atoms with Crippen LogP contribution in [0.5, 0.6) is 0 Å². The maximum absolute atomic E-state index is 12.1. The van der Waals surface area contributed by atoms with Crippen molar-refractivity contribution in [3.8, 4) is 0 Å². The van der Waals surface area contributed by atoms with Gasteiger partial charge in [0, 0.05) is 12.4 Å². The molecule has 0 aliphatic heterocycles. The molecule has 2 aromatic heterocycles. The monoisotopic (exact) mass is 278 g/mol. The molecule has 2 heterocycles. The zero-order valence-electron chi connectivity index (χ0n) is 10.6. The van der Waals surface area contributed by atoms with Gasteiger partial charge in [0.05, 0.1) is 17.2 Å². The third kappa shape index (κ3) is 3.24. The van der Waals surface area contributed by atoms with Crippen LogP contribution in [-0.4, -0.2) is 33.0 Å². The first-order valence-electron chi connectivity index (χ1n) is 5.57. The smallest absolute Gasteiger partial charge is 0.274 e. The molecular formula is C11H14N6OS. The van der Waals surface area contributed by atoms with Crippen LogP contribution < -0.4 is 11.3 Å². The summed E-state index contributed by atoms with van der Waals surface area (Å²) >= 11 is 1.56. The molecule has 8 heteroatoms. The molecule has 0 bridgehead atoms. The van der Waals surface area contributed by atoms with Gasteiger partial charge in [-0.15, -0.1) is 21.5 Å². The van der Waals surface area contributed by atoms with Gasteiger partial charge in [-0.2, -0.15) is 0 Å². The molecule has 0 fully saturated rings. The summed E-state index contributed by atoms with van der Waals surface area (Å²) in [6, 6.07) is 3.17. The van der Waals surface area contributed by atoms with E-state index in [2.05, 4.69) is 20.6 Å². The van der Waals surface area contributed by atoms with Crippen LogP contribution in [0.1, 0.15) is 21.2 Å². The van der Waals surface area contributed by atoms with Gasteiger partial charge in [-0.25, -0.2) is 10.8 Å². The Morgan fingerprint density at radius 3 is 2.79 bits per heavy atom. The summed E-state index contributed by atoms with van der Waals surface area (Å²) in [6.45, 7) is 2.38. The number of thiazole rings is 1. The van der Waals surface area contributed by atoms with E-state index in [9.17, 15) is 4.79 Å². The second-order valence-electron chi connectivity index (χ2n) is 3.97. The molecule has 100 valence electrons.